The third-order valence-corrected chi connectivity index (χ3v) is 6.67. The normalized spacial score (nSPS) is 21.7. The molecule has 0 bridgehead atoms. The van der Waals surface area contributed by atoms with Crippen LogP contribution in [0.3, 0.4) is 0 Å². The number of carbonyl (C=O) groups is 2. The Morgan fingerprint density at radius 2 is 1.55 bits per heavy atom. The van der Waals surface area contributed by atoms with E-state index in [0.717, 1.165) is 11.1 Å². The Morgan fingerprint density at radius 1 is 1.07 bits per heavy atom. The number of cyclic esters (lactones) is 1. The first-order valence-electron chi connectivity index (χ1n) is 9.22. The van der Waals surface area contributed by atoms with Gasteiger partial charge in [0.1, 0.15) is 0 Å². The molecule has 2 aromatic rings. The van der Waals surface area contributed by atoms with Gasteiger partial charge in [0.05, 0.1) is 25.3 Å². The van der Waals surface area contributed by atoms with Gasteiger partial charge in [-0.2, -0.15) is 0 Å². The monoisotopic (exact) mass is 418 g/mol. The molecular weight excluding hydrogens is 395 g/mol. The minimum absolute atomic E-state index is 0.0465. The van der Waals surface area contributed by atoms with Crippen molar-refractivity contribution in [3.63, 3.8) is 0 Å². The first-order valence-corrected chi connectivity index (χ1v) is 10.9. The maximum atomic E-state index is 13.4. The van der Waals surface area contributed by atoms with Crippen LogP contribution in [0.2, 0.25) is 0 Å². The van der Waals surface area contributed by atoms with Crippen molar-refractivity contribution in [2.75, 3.05) is 6.16 Å². The molecule has 0 spiro atoms. The first-order chi connectivity index (χ1) is 13.8. The molecule has 2 aromatic carbocycles. The SMILES string of the molecule is C[C@@]1(C(=O)O)C[C@H](CP(=O)(OCc2ccccc2)OCc2ccccc2)C(=O)O1. The van der Waals surface area contributed by atoms with Crippen molar-refractivity contribution in [3.8, 4) is 0 Å². The van der Waals surface area contributed by atoms with E-state index in [-0.39, 0.29) is 25.8 Å². The summed E-state index contributed by atoms with van der Waals surface area (Å²) in [6.07, 6.45) is -0.330. The van der Waals surface area contributed by atoms with Crippen molar-refractivity contribution in [2.24, 2.45) is 5.92 Å². The number of ether oxygens (including phenoxy) is 1. The van der Waals surface area contributed by atoms with E-state index >= 15 is 0 Å². The van der Waals surface area contributed by atoms with E-state index in [1.165, 1.54) is 6.92 Å². The molecule has 7 nitrogen and oxygen atoms in total. The van der Waals surface area contributed by atoms with Crippen molar-refractivity contribution < 1.29 is 33.0 Å². The summed E-state index contributed by atoms with van der Waals surface area (Å²) in [5.74, 6) is -2.83. The zero-order chi connectivity index (χ0) is 20.9. The molecular formula is C21H23O7P. The van der Waals surface area contributed by atoms with Gasteiger partial charge in [0.2, 0.25) is 5.60 Å². The number of esters is 1. The number of aliphatic carboxylic acids is 1. The summed E-state index contributed by atoms with van der Waals surface area (Å²) in [4.78, 5) is 23.6. The van der Waals surface area contributed by atoms with Crippen LogP contribution in [0.4, 0.5) is 0 Å². The lowest BCUT2D eigenvalue weighted by molar-refractivity contribution is -0.167. The van der Waals surface area contributed by atoms with Gasteiger partial charge in [-0.3, -0.25) is 9.36 Å². The summed E-state index contributed by atoms with van der Waals surface area (Å²) >= 11 is 0. The molecule has 1 N–H and O–H groups in total. The van der Waals surface area contributed by atoms with E-state index in [1.807, 2.05) is 60.7 Å². The van der Waals surface area contributed by atoms with Crippen LogP contribution in [0.15, 0.2) is 60.7 Å². The van der Waals surface area contributed by atoms with Gasteiger partial charge in [-0.15, -0.1) is 0 Å². The summed E-state index contributed by atoms with van der Waals surface area (Å²) in [5.41, 5.74) is -0.0216. The lowest BCUT2D eigenvalue weighted by Gasteiger charge is -2.21. The molecule has 0 radical (unpaired) electrons. The summed E-state index contributed by atoms with van der Waals surface area (Å²) in [5, 5.41) is 9.30. The van der Waals surface area contributed by atoms with Gasteiger partial charge in [-0.1, -0.05) is 60.7 Å². The highest BCUT2D eigenvalue weighted by atomic mass is 31.2. The molecule has 0 saturated carbocycles. The topological polar surface area (TPSA) is 99.1 Å². The largest absolute Gasteiger partial charge is 0.478 e. The van der Waals surface area contributed by atoms with Crippen LogP contribution in [0.5, 0.6) is 0 Å². The van der Waals surface area contributed by atoms with Crippen LogP contribution in [0.1, 0.15) is 24.5 Å². The van der Waals surface area contributed by atoms with Gasteiger partial charge in [0.15, 0.2) is 0 Å². The van der Waals surface area contributed by atoms with Gasteiger partial charge in [0.25, 0.3) is 0 Å². The van der Waals surface area contributed by atoms with Crippen molar-refractivity contribution >= 4 is 19.5 Å². The van der Waals surface area contributed by atoms with E-state index in [4.69, 9.17) is 13.8 Å². The minimum atomic E-state index is -3.72. The molecule has 2 atom stereocenters. The fourth-order valence-electron chi connectivity index (χ4n) is 3.08. The molecule has 0 aliphatic carbocycles. The lowest BCUT2D eigenvalue weighted by atomic mass is 9.97. The predicted molar refractivity (Wildman–Crippen MR) is 105 cm³/mol. The fraction of sp³-hybridized carbons (Fsp3) is 0.333. The molecule has 1 aliphatic rings. The highest BCUT2D eigenvalue weighted by Gasteiger charge is 2.51. The van der Waals surface area contributed by atoms with Gasteiger partial charge >= 0.3 is 19.5 Å². The molecule has 1 fully saturated rings. The molecule has 1 heterocycles. The van der Waals surface area contributed by atoms with Crippen LogP contribution in [0, 0.1) is 5.92 Å². The Balaban J connectivity index is 1.73. The third-order valence-electron chi connectivity index (χ3n) is 4.73. The minimum Gasteiger partial charge on any atom is -0.478 e. The van der Waals surface area contributed by atoms with Gasteiger partial charge in [-0.05, 0) is 18.1 Å². The van der Waals surface area contributed by atoms with Crippen LogP contribution in [0.25, 0.3) is 0 Å². The second-order valence-electron chi connectivity index (χ2n) is 7.17. The Bertz CT molecular complexity index is 852. The molecule has 3 rings (SSSR count). The fourth-order valence-corrected chi connectivity index (χ4v) is 4.87. The number of hydrogen-bond donors (Lipinski definition) is 1. The molecule has 0 unspecified atom stereocenters. The summed E-state index contributed by atoms with van der Waals surface area (Å²) < 4.78 is 29.8. The van der Waals surface area contributed by atoms with E-state index in [2.05, 4.69) is 0 Å². The highest BCUT2D eigenvalue weighted by molar-refractivity contribution is 7.53. The summed E-state index contributed by atoms with van der Waals surface area (Å²) in [6.45, 7) is 1.42. The Hall–Kier alpha value is -2.47. The highest BCUT2D eigenvalue weighted by Crippen LogP contribution is 2.53. The van der Waals surface area contributed by atoms with Crippen LogP contribution in [-0.2, 0) is 41.2 Å². The van der Waals surface area contributed by atoms with E-state index in [0.29, 0.717) is 0 Å². The quantitative estimate of drug-likeness (QED) is 0.485. The molecule has 1 aliphatic heterocycles. The molecule has 0 amide bonds. The lowest BCUT2D eigenvalue weighted by Crippen LogP contribution is -2.34. The van der Waals surface area contributed by atoms with Crippen molar-refractivity contribution in [1.29, 1.82) is 0 Å². The standard InChI is InChI=1S/C21H23O7P/c1-21(20(23)24)12-18(19(22)28-21)15-29(25,26-13-16-8-4-2-5-9-16)27-14-17-10-6-3-7-11-17/h2-11,18H,12-15H2,1H3,(H,23,24)/t18-,21+/m1/s1. The zero-order valence-corrected chi connectivity index (χ0v) is 16.9. The number of carboxylic acid groups (broad SMARTS) is 1. The van der Waals surface area contributed by atoms with E-state index in [9.17, 15) is 19.3 Å². The van der Waals surface area contributed by atoms with Crippen molar-refractivity contribution in [2.45, 2.75) is 32.2 Å². The van der Waals surface area contributed by atoms with Crippen LogP contribution < -0.4 is 0 Å². The van der Waals surface area contributed by atoms with Crippen molar-refractivity contribution in [3.05, 3.63) is 71.8 Å². The number of carbonyl (C=O) groups excluding carboxylic acids is 1. The van der Waals surface area contributed by atoms with Gasteiger partial charge in [-0.25, -0.2) is 4.79 Å². The number of rotatable bonds is 9. The van der Waals surface area contributed by atoms with Gasteiger partial charge < -0.3 is 18.9 Å². The Morgan fingerprint density at radius 3 is 1.97 bits per heavy atom. The van der Waals surface area contributed by atoms with Crippen molar-refractivity contribution in [1.82, 2.24) is 0 Å². The molecule has 0 aromatic heterocycles. The molecule has 29 heavy (non-hydrogen) atoms. The maximum absolute atomic E-state index is 13.4. The summed E-state index contributed by atoms with van der Waals surface area (Å²) in [7, 11) is -3.72. The number of hydrogen-bond acceptors (Lipinski definition) is 6. The second-order valence-corrected chi connectivity index (χ2v) is 9.27. The third kappa shape index (κ3) is 5.54. The Labute approximate surface area is 169 Å². The summed E-state index contributed by atoms with van der Waals surface area (Å²) in [6, 6.07) is 18.4. The second kappa shape index (κ2) is 8.91. The van der Waals surface area contributed by atoms with E-state index < -0.39 is 31.1 Å². The van der Waals surface area contributed by atoms with Crippen LogP contribution in [-0.4, -0.2) is 28.8 Å². The average Bonchev–Trinajstić information content (AvgIpc) is 3.01. The van der Waals surface area contributed by atoms with Crippen LogP contribution >= 0.6 is 7.60 Å². The van der Waals surface area contributed by atoms with E-state index in [1.54, 1.807) is 0 Å². The first kappa shape index (κ1) is 21.2. The smallest absolute Gasteiger partial charge is 0.347 e. The maximum Gasteiger partial charge on any atom is 0.347 e. The zero-order valence-electron chi connectivity index (χ0n) is 16.0. The molecule has 1 saturated heterocycles. The van der Waals surface area contributed by atoms with Gasteiger partial charge in [0, 0.05) is 6.42 Å². The number of carboxylic acids is 1. The predicted octanol–water partition coefficient (Wildman–Crippen LogP) is 4.02. The number of benzene rings is 2. The molecule has 8 heteroatoms. The Kier molecular flexibility index (Phi) is 6.52. The molecule has 154 valence electrons. The average molecular weight is 418 g/mol.